The third kappa shape index (κ3) is 3.14. The van der Waals surface area contributed by atoms with Gasteiger partial charge in [0.05, 0.1) is 15.7 Å². The second-order valence-electron chi connectivity index (χ2n) is 3.81. The molecule has 0 fully saturated rings. The van der Waals surface area contributed by atoms with Crippen LogP contribution in [0.25, 0.3) is 0 Å². The van der Waals surface area contributed by atoms with Crippen molar-refractivity contribution in [2.75, 3.05) is 5.32 Å². The molecule has 2 aromatic carbocycles. The van der Waals surface area contributed by atoms with Gasteiger partial charge in [0.25, 0.3) is 0 Å². The molecular formula is C13H8Cl2F3N. The SMILES string of the molecule is Fc1cc(F)c(CNc2c(Cl)cccc2Cl)cc1F. The minimum absolute atomic E-state index is 0.0186. The molecule has 0 heterocycles. The van der Waals surface area contributed by atoms with Crippen LogP contribution >= 0.6 is 23.2 Å². The van der Waals surface area contributed by atoms with Gasteiger partial charge in [0.15, 0.2) is 11.6 Å². The van der Waals surface area contributed by atoms with E-state index >= 15 is 0 Å². The molecule has 0 spiro atoms. The maximum atomic E-state index is 13.4. The number of benzene rings is 2. The molecule has 0 saturated heterocycles. The molecule has 100 valence electrons. The average Bonchev–Trinajstić information content (AvgIpc) is 2.34. The van der Waals surface area contributed by atoms with Crippen LogP contribution in [0.2, 0.25) is 10.0 Å². The molecule has 0 aliphatic carbocycles. The van der Waals surface area contributed by atoms with Crippen LogP contribution < -0.4 is 5.32 Å². The van der Waals surface area contributed by atoms with Crippen molar-refractivity contribution in [1.82, 2.24) is 0 Å². The van der Waals surface area contributed by atoms with Crippen LogP contribution in [0.3, 0.4) is 0 Å². The predicted molar refractivity (Wildman–Crippen MR) is 70.1 cm³/mol. The van der Waals surface area contributed by atoms with Crippen molar-refractivity contribution < 1.29 is 13.2 Å². The van der Waals surface area contributed by atoms with Crippen molar-refractivity contribution in [2.24, 2.45) is 0 Å². The Morgan fingerprint density at radius 3 is 2.11 bits per heavy atom. The van der Waals surface area contributed by atoms with Crippen molar-refractivity contribution in [3.05, 3.63) is 63.4 Å². The molecular weight excluding hydrogens is 298 g/mol. The highest BCUT2D eigenvalue weighted by Crippen LogP contribution is 2.30. The first-order valence-corrected chi connectivity index (χ1v) is 6.06. The van der Waals surface area contributed by atoms with Gasteiger partial charge in [0.1, 0.15) is 5.82 Å². The van der Waals surface area contributed by atoms with Gasteiger partial charge in [-0.2, -0.15) is 0 Å². The molecule has 0 unspecified atom stereocenters. The van der Waals surface area contributed by atoms with Gasteiger partial charge in [-0.25, -0.2) is 13.2 Å². The normalized spacial score (nSPS) is 10.6. The zero-order valence-corrected chi connectivity index (χ0v) is 11.0. The molecule has 0 saturated carbocycles. The van der Waals surface area contributed by atoms with E-state index in [9.17, 15) is 13.2 Å². The van der Waals surface area contributed by atoms with Gasteiger partial charge in [0, 0.05) is 18.2 Å². The number of para-hydroxylation sites is 1. The molecule has 1 nitrogen and oxygen atoms in total. The maximum absolute atomic E-state index is 13.4. The van der Waals surface area contributed by atoms with Gasteiger partial charge in [-0.15, -0.1) is 0 Å². The van der Waals surface area contributed by atoms with E-state index in [2.05, 4.69) is 5.32 Å². The number of hydrogen-bond donors (Lipinski definition) is 1. The van der Waals surface area contributed by atoms with E-state index in [-0.39, 0.29) is 12.1 Å². The first kappa shape index (κ1) is 14.0. The Morgan fingerprint density at radius 2 is 1.47 bits per heavy atom. The summed E-state index contributed by atoms with van der Waals surface area (Å²) in [7, 11) is 0. The number of rotatable bonds is 3. The molecule has 2 rings (SSSR count). The predicted octanol–water partition coefficient (Wildman–Crippen LogP) is 5.02. The van der Waals surface area contributed by atoms with E-state index in [4.69, 9.17) is 23.2 Å². The van der Waals surface area contributed by atoms with Crippen LogP contribution in [0, 0.1) is 17.5 Å². The Kier molecular flexibility index (Phi) is 4.22. The summed E-state index contributed by atoms with van der Waals surface area (Å²) < 4.78 is 39.2. The second kappa shape index (κ2) is 5.72. The molecule has 6 heteroatoms. The molecule has 0 aromatic heterocycles. The average molecular weight is 306 g/mol. The molecule has 0 amide bonds. The van der Waals surface area contributed by atoms with E-state index in [1.165, 1.54) is 0 Å². The summed E-state index contributed by atoms with van der Waals surface area (Å²) in [6, 6.07) is 6.17. The molecule has 0 aliphatic rings. The van der Waals surface area contributed by atoms with Crippen molar-refractivity contribution in [1.29, 1.82) is 0 Å². The van der Waals surface area contributed by atoms with Crippen molar-refractivity contribution in [3.8, 4) is 0 Å². The van der Waals surface area contributed by atoms with Crippen LogP contribution in [-0.2, 0) is 6.54 Å². The Hall–Kier alpha value is -1.39. The van der Waals surface area contributed by atoms with E-state index in [0.29, 0.717) is 21.8 Å². The van der Waals surface area contributed by atoms with Crippen molar-refractivity contribution in [2.45, 2.75) is 6.54 Å². The summed E-state index contributed by atoms with van der Waals surface area (Å²) in [6.07, 6.45) is 0. The summed E-state index contributed by atoms with van der Waals surface area (Å²) in [6.45, 7) is -0.0630. The molecule has 0 radical (unpaired) electrons. The fourth-order valence-electron chi connectivity index (χ4n) is 1.55. The van der Waals surface area contributed by atoms with Crippen LogP contribution in [0.1, 0.15) is 5.56 Å². The largest absolute Gasteiger partial charge is 0.378 e. The van der Waals surface area contributed by atoms with Crippen molar-refractivity contribution >= 4 is 28.9 Å². The van der Waals surface area contributed by atoms with Gasteiger partial charge >= 0.3 is 0 Å². The summed E-state index contributed by atoms with van der Waals surface area (Å²) in [5, 5.41) is 3.51. The van der Waals surface area contributed by atoms with E-state index in [0.717, 1.165) is 6.07 Å². The Labute approximate surface area is 118 Å². The van der Waals surface area contributed by atoms with Gasteiger partial charge in [-0.1, -0.05) is 29.3 Å². The molecule has 0 atom stereocenters. The van der Waals surface area contributed by atoms with Gasteiger partial charge < -0.3 is 5.32 Å². The first-order valence-electron chi connectivity index (χ1n) is 5.30. The fourth-order valence-corrected chi connectivity index (χ4v) is 2.08. The lowest BCUT2D eigenvalue weighted by atomic mass is 10.2. The fraction of sp³-hybridized carbons (Fsp3) is 0.0769. The number of anilines is 1. The highest BCUT2D eigenvalue weighted by molar-refractivity contribution is 6.39. The summed E-state index contributed by atoms with van der Waals surface area (Å²) in [5.41, 5.74) is 0.393. The highest BCUT2D eigenvalue weighted by Gasteiger charge is 2.11. The monoisotopic (exact) mass is 305 g/mol. The summed E-state index contributed by atoms with van der Waals surface area (Å²) in [5.74, 6) is -3.17. The summed E-state index contributed by atoms with van der Waals surface area (Å²) >= 11 is 11.8. The summed E-state index contributed by atoms with van der Waals surface area (Å²) in [4.78, 5) is 0. The first-order chi connectivity index (χ1) is 8.99. The lowest BCUT2D eigenvalue weighted by Gasteiger charge is -2.11. The maximum Gasteiger partial charge on any atom is 0.161 e. The van der Waals surface area contributed by atoms with E-state index in [1.807, 2.05) is 0 Å². The minimum atomic E-state index is -1.22. The minimum Gasteiger partial charge on any atom is -0.378 e. The topological polar surface area (TPSA) is 12.0 Å². The Bertz CT molecular complexity index is 597. The molecule has 0 aliphatic heterocycles. The molecule has 19 heavy (non-hydrogen) atoms. The lowest BCUT2D eigenvalue weighted by Crippen LogP contribution is -2.04. The molecule has 1 N–H and O–H groups in total. The van der Waals surface area contributed by atoms with E-state index < -0.39 is 17.5 Å². The highest BCUT2D eigenvalue weighted by atomic mass is 35.5. The van der Waals surface area contributed by atoms with Gasteiger partial charge in [-0.05, 0) is 18.2 Å². The van der Waals surface area contributed by atoms with Crippen LogP contribution in [-0.4, -0.2) is 0 Å². The zero-order chi connectivity index (χ0) is 14.0. The quantitative estimate of drug-likeness (QED) is 0.785. The lowest BCUT2D eigenvalue weighted by molar-refractivity contribution is 0.490. The van der Waals surface area contributed by atoms with Crippen LogP contribution in [0.5, 0.6) is 0 Å². The number of nitrogens with one attached hydrogen (secondary N) is 1. The van der Waals surface area contributed by atoms with E-state index in [1.54, 1.807) is 18.2 Å². The van der Waals surface area contributed by atoms with Crippen LogP contribution in [0.15, 0.2) is 30.3 Å². The third-order valence-corrected chi connectivity index (χ3v) is 3.14. The Morgan fingerprint density at radius 1 is 0.895 bits per heavy atom. The number of hydrogen-bond acceptors (Lipinski definition) is 1. The smallest absolute Gasteiger partial charge is 0.161 e. The number of halogens is 5. The Balaban J connectivity index is 2.22. The molecule has 2 aromatic rings. The van der Waals surface area contributed by atoms with Crippen LogP contribution in [0.4, 0.5) is 18.9 Å². The van der Waals surface area contributed by atoms with Crippen molar-refractivity contribution in [3.63, 3.8) is 0 Å². The van der Waals surface area contributed by atoms with Gasteiger partial charge in [-0.3, -0.25) is 0 Å². The standard InChI is InChI=1S/C13H8Cl2F3N/c14-8-2-1-3-9(15)13(8)19-6-7-4-11(17)12(18)5-10(7)16/h1-5,19H,6H2. The second-order valence-corrected chi connectivity index (χ2v) is 4.62. The van der Waals surface area contributed by atoms with Gasteiger partial charge in [0.2, 0.25) is 0 Å². The third-order valence-electron chi connectivity index (χ3n) is 2.51. The zero-order valence-electron chi connectivity index (χ0n) is 9.48. The molecule has 0 bridgehead atoms.